The largest absolute Gasteiger partial charge is 0.416 e. The average Bonchev–Trinajstić information content (AvgIpc) is 3.02. The molecule has 4 aromatic carbocycles. The first kappa shape index (κ1) is 35.1. The highest BCUT2D eigenvalue weighted by atomic mass is 32.2. The fourth-order valence-corrected chi connectivity index (χ4v) is 6.33. The average molecular weight is 670 g/mol. The Morgan fingerprint density at radius 3 is 2.00 bits per heavy atom. The maximum absolute atomic E-state index is 15.0. The Morgan fingerprint density at radius 1 is 0.809 bits per heavy atom. The summed E-state index contributed by atoms with van der Waals surface area (Å²) in [4.78, 5) is 29.1. The predicted octanol–water partition coefficient (Wildman–Crippen LogP) is 6.59. The summed E-state index contributed by atoms with van der Waals surface area (Å²) < 4.78 is 84.8. The van der Waals surface area contributed by atoms with Crippen molar-refractivity contribution in [3.63, 3.8) is 0 Å². The Bertz CT molecular complexity index is 1800. The third kappa shape index (κ3) is 9.19. The highest BCUT2D eigenvalue weighted by Crippen LogP contribution is 2.33. The molecule has 47 heavy (non-hydrogen) atoms. The zero-order chi connectivity index (χ0) is 34.4. The lowest BCUT2D eigenvalue weighted by Crippen LogP contribution is -2.56. The molecule has 1 atom stereocenters. The zero-order valence-electron chi connectivity index (χ0n) is 26.0. The van der Waals surface area contributed by atoms with Gasteiger partial charge in [0, 0.05) is 24.1 Å². The Labute approximate surface area is 271 Å². The number of carbonyl (C=O) groups is 2. The van der Waals surface area contributed by atoms with Crippen LogP contribution in [0.15, 0.2) is 114 Å². The van der Waals surface area contributed by atoms with E-state index in [2.05, 4.69) is 5.32 Å². The SMILES string of the molecule is CC(C)(C)NC(=O)[C@@H](Cc1ccccc1)N(Cc1ccccc1F)C(=O)CN(c1cccc(C(F)(F)F)c1)S(=O)(=O)c1ccccc1. The van der Waals surface area contributed by atoms with E-state index in [4.69, 9.17) is 0 Å². The van der Waals surface area contributed by atoms with Crippen LogP contribution < -0.4 is 9.62 Å². The van der Waals surface area contributed by atoms with E-state index >= 15 is 4.39 Å². The van der Waals surface area contributed by atoms with E-state index in [0.717, 1.165) is 23.1 Å². The lowest BCUT2D eigenvalue weighted by molar-refractivity contribution is -0.140. The van der Waals surface area contributed by atoms with Crippen molar-refractivity contribution >= 4 is 27.5 Å². The molecule has 0 bridgehead atoms. The van der Waals surface area contributed by atoms with Gasteiger partial charge in [-0.3, -0.25) is 13.9 Å². The van der Waals surface area contributed by atoms with Crippen molar-refractivity contribution in [3.05, 3.63) is 132 Å². The summed E-state index contributed by atoms with van der Waals surface area (Å²) in [6.07, 6.45) is -4.82. The third-order valence-electron chi connectivity index (χ3n) is 7.14. The number of alkyl halides is 3. The minimum Gasteiger partial charge on any atom is -0.350 e. The molecule has 1 N–H and O–H groups in total. The molecule has 0 aliphatic rings. The Balaban J connectivity index is 1.86. The number of anilines is 1. The molecule has 0 radical (unpaired) electrons. The van der Waals surface area contributed by atoms with Crippen molar-refractivity contribution in [2.24, 2.45) is 0 Å². The highest BCUT2D eigenvalue weighted by Gasteiger charge is 2.37. The van der Waals surface area contributed by atoms with Crippen LogP contribution >= 0.6 is 0 Å². The first-order chi connectivity index (χ1) is 22.1. The van der Waals surface area contributed by atoms with Crippen molar-refractivity contribution in [1.82, 2.24) is 10.2 Å². The van der Waals surface area contributed by atoms with Crippen LogP contribution in [0.4, 0.5) is 23.2 Å². The number of sulfonamides is 1. The number of hydrogen-bond acceptors (Lipinski definition) is 4. The van der Waals surface area contributed by atoms with Gasteiger partial charge in [0.2, 0.25) is 11.8 Å². The highest BCUT2D eigenvalue weighted by molar-refractivity contribution is 7.92. The molecule has 4 rings (SSSR count). The molecule has 2 amide bonds. The number of amides is 2. The summed E-state index contributed by atoms with van der Waals surface area (Å²) in [6.45, 7) is 3.82. The molecule has 7 nitrogen and oxygen atoms in total. The quantitative estimate of drug-likeness (QED) is 0.183. The molecule has 0 unspecified atom stereocenters. The van der Waals surface area contributed by atoms with Crippen molar-refractivity contribution in [2.75, 3.05) is 10.8 Å². The van der Waals surface area contributed by atoms with Crippen molar-refractivity contribution < 1.29 is 35.6 Å². The van der Waals surface area contributed by atoms with Crippen LogP contribution in [0.1, 0.15) is 37.5 Å². The summed E-state index contributed by atoms with van der Waals surface area (Å²) in [5.74, 6) is -2.18. The number of halogens is 4. The topological polar surface area (TPSA) is 86.8 Å². The van der Waals surface area contributed by atoms with Gasteiger partial charge in [0.15, 0.2) is 0 Å². The second kappa shape index (κ2) is 14.4. The monoisotopic (exact) mass is 669 g/mol. The van der Waals surface area contributed by atoms with Gasteiger partial charge in [-0.15, -0.1) is 0 Å². The number of nitrogens with one attached hydrogen (secondary N) is 1. The first-order valence-electron chi connectivity index (χ1n) is 14.7. The summed E-state index contributed by atoms with van der Waals surface area (Å²) in [7, 11) is -4.62. The van der Waals surface area contributed by atoms with E-state index in [1.807, 2.05) is 0 Å². The second-order valence-electron chi connectivity index (χ2n) is 11.9. The van der Waals surface area contributed by atoms with Gasteiger partial charge < -0.3 is 10.2 Å². The van der Waals surface area contributed by atoms with E-state index in [9.17, 15) is 31.2 Å². The molecule has 0 aliphatic carbocycles. The molecule has 4 aromatic rings. The molecule has 0 aromatic heterocycles. The minimum absolute atomic E-state index is 0.0159. The smallest absolute Gasteiger partial charge is 0.350 e. The Kier molecular flexibility index (Phi) is 10.7. The van der Waals surface area contributed by atoms with Gasteiger partial charge in [0.1, 0.15) is 18.4 Å². The fraction of sp³-hybridized carbons (Fsp3) is 0.257. The van der Waals surface area contributed by atoms with E-state index in [0.29, 0.717) is 15.9 Å². The molecule has 12 heteroatoms. The van der Waals surface area contributed by atoms with Gasteiger partial charge in [0.25, 0.3) is 10.0 Å². The lowest BCUT2D eigenvalue weighted by atomic mass is 10.0. The number of rotatable bonds is 11. The van der Waals surface area contributed by atoms with E-state index in [-0.39, 0.29) is 16.9 Å². The molecule has 0 saturated carbocycles. The van der Waals surface area contributed by atoms with Crippen molar-refractivity contribution in [2.45, 2.75) is 56.4 Å². The summed E-state index contributed by atoms with van der Waals surface area (Å²) in [6, 6.07) is 23.7. The standard InChI is InChI=1S/C35H35F4N3O4S/c1-34(2,3)40-33(44)31(21-25-13-6-4-7-14-25)41(23-26-15-10-11-20-30(26)36)32(43)24-42(47(45,46)29-18-8-5-9-19-29)28-17-12-16-27(22-28)35(37,38)39/h4-20,22,31H,21,23-24H2,1-3H3,(H,40,44)/t31-/m1/s1. The number of carbonyl (C=O) groups excluding carboxylic acids is 2. The van der Waals surface area contributed by atoms with Gasteiger partial charge >= 0.3 is 6.18 Å². The van der Waals surface area contributed by atoms with Crippen molar-refractivity contribution in [3.8, 4) is 0 Å². The Hall–Kier alpha value is -4.71. The number of nitrogens with zero attached hydrogens (tertiary/aromatic N) is 2. The van der Waals surface area contributed by atoms with Crippen LogP contribution in [0, 0.1) is 5.82 Å². The number of hydrogen-bond donors (Lipinski definition) is 1. The summed E-state index contributed by atoms with van der Waals surface area (Å²) in [5.41, 5.74) is -1.55. The summed E-state index contributed by atoms with van der Waals surface area (Å²) >= 11 is 0. The molecule has 0 fully saturated rings. The first-order valence-corrected chi connectivity index (χ1v) is 16.1. The molecule has 0 heterocycles. The second-order valence-corrected chi connectivity index (χ2v) is 13.8. The van der Waals surface area contributed by atoms with Crippen LogP contribution in [0.5, 0.6) is 0 Å². The molecular weight excluding hydrogens is 634 g/mol. The van der Waals surface area contributed by atoms with Crippen LogP contribution in [0.25, 0.3) is 0 Å². The van der Waals surface area contributed by atoms with Gasteiger partial charge in [0.05, 0.1) is 16.1 Å². The van der Waals surface area contributed by atoms with Crippen LogP contribution in [-0.4, -0.2) is 43.3 Å². The van der Waals surface area contributed by atoms with Gasteiger partial charge in [-0.25, -0.2) is 12.8 Å². The zero-order valence-corrected chi connectivity index (χ0v) is 26.9. The minimum atomic E-state index is -4.80. The van der Waals surface area contributed by atoms with E-state index in [1.54, 1.807) is 63.2 Å². The molecule has 248 valence electrons. The number of benzene rings is 4. The Morgan fingerprint density at radius 2 is 1.40 bits per heavy atom. The van der Waals surface area contributed by atoms with Crippen LogP contribution in [0.2, 0.25) is 0 Å². The van der Waals surface area contributed by atoms with Gasteiger partial charge in [-0.2, -0.15) is 13.2 Å². The molecule has 0 saturated heterocycles. The molecule has 0 spiro atoms. The van der Waals surface area contributed by atoms with Gasteiger partial charge in [-0.05, 0) is 62.7 Å². The van der Waals surface area contributed by atoms with Crippen LogP contribution in [-0.2, 0) is 38.8 Å². The van der Waals surface area contributed by atoms with E-state index in [1.165, 1.54) is 42.5 Å². The summed E-state index contributed by atoms with van der Waals surface area (Å²) in [5, 5.41) is 2.86. The van der Waals surface area contributed by atoms with Crippen LogP contribution in [0.3, 0.4) is 0 Å². The maximum atomic E-state index is 15.0. The third-order valence-corrected chi connectivity index (χ3v) is 8.93. The maximum Gasteiger partial charge on any atom is 0.416 e. The lowest BCUT2D eigenvalue weighted by Gasteiger charge is -2.35. The molecule has 0 aliphatic heterocycles. The van der Waals surface area contributed by atoms with Gasteiger partial charge in [-0.1, -0.05) is 72.8 Å². The predicted molar refractivity (Wildman–Crippen MR) is 171 cm³/mol. The van der Waals surface area contributed by atoms with E-state index < -0.39 is 69.8 Å². The van der Waals surface area contributed by atoms with Crippen molar-refractivity contribution in [1.29, 1.82) is 0 Å². The normalized spacial score (nSPS) is 12.7. The molecular formula is C35H35F4N3O4S. The fourth-order valence-electron chi connectivity index (χ4n) is 4.90.